The van der Waals surface area contributed by atoms with Crippen LogP contribution in [0, 0.1) is 0 Å². The van der Waals surface area contributed by atoms with Crippen molar-refractivity contribution in [2.24, 2.45) is 0 Å². The van der Waals surface area contributed by atoms with Gasteiger partial charge < -0.3 is 15.4 Å². The first kappa shape index (κ1) is 19.2. The second kappa shape index (κ2) is 7.98. The molecule has 2 aromatic carbocycles. The molecule has 1 aliphatic rings. The molecule has 0 saturated carbocycles. The quantitative estimate of drug-likeness (QED) is 0.826. The number of hydrogen-bond donors (Lipinski definition) is 2. The van der Waals surface area contributed by atoms with Gasteiger partial charge in [-0.25, -0.2) is 0 Å². The summed E-state index contributed by atoms with van der Waals surface area (Å²) >= 11 is 6.09. The minimum absolute atomic E-state index is 0.0670. The standard InChI is InChI=1S/C20H22ClN3O3/c1-20(2)19(26)22-11-12-24(20)13-18(25)23-14-7-9-15(10-8-14)27-17-6-4-3-5-16(17)21/h3-10H,11-13H2,1-2H3,(H,22,26)(H,23,25). The van der Waals surface area contributed by atoms with E-state index in [4.69, 9.17) is 16.3 Å². The summed E-state index contributed by atoms with van der Waals surface area (Å²) < 4.78 is 5.73. The summed E-state index contributed by atoms with van der Waals surface area (Å²) in [6, 6.07) is 14.3. The number of amides is 2. The zero-order valence-corrected chi connectivity index (χ0v) is 16.0. The minimum Gasteiger partial charge on any atom is -0.456 e. The SMILES string of the molecule is CC1(C)C(=O)NCCN1CC(=O)Nc1ccc(Oc2ccccc2Cl)cc1. The molecule has 0 spiro atoms. The van der Waals surface area contributed by atoms with E-state index in [9.17, 15) is 9.59 Å². The Morgan fingerprint density at radius 3 is 2.63 bits per heavy atom. The van der Waals surface area contributed by atoms with Gasteiger partial charge in [-0.2, -0.15) is 0 Å². The molecule has 1 fully saturated rings. The largest absolute Gasteiger partial charge is 0.456 e. The molecule has 27 heavy (non-hydrogen) atoms. The molecule has 2 amide bonds. The van der Waals surface area contributed by atoms with Crippen molar-refractivity contribution >= 4 is 29.1 Å². The molecule has 6 nitrogen and oxygen atoms in total. The van der Waals surface area contributed by atoms with Gasteiger partial charge in [-0.05, 0) is 50.2 Å². The molecule has 0 unspecified atom stereocenters. The molecule has 2 N–H and O–H groups in total. The Bertz CT molecular complexity index is 837. The summed E-state index contributed by atoms with van der Waals surface area (Å²) in [4.78, 5) is 26.2. The van der Waals surface area contributed by atoms with Crippen LogP contribution in [0.2, 0.25) is 5.02 Å². The Morgan fingerprint density at radius 1 is 1.22 bits per heavy atom. The molecule has 0 bridgehead atoms. The molecule has 142 valence electrons. The average Bonchev–Trinajstić information content (AvgIpc) is 2.63. The van der Waals surface area contributed by atoms with Gasteiger partial charge in [0.05, 0.1) is 17.1 Å². The lowest BCUT2D eigenvalue weighted by Crippen LogP contribution is -2.62. The fourth-order valence-corrected chi connectivity index (χ4v) is 3.03. The summed E-state index contributed by atoms with van der Waals surface area (Å²) in [5, 5.41) is 6.20. The van der Waals surface area contributed by atoms with Gasteiger partial charge in [0.15, 0.2) is 0 Å². The highest BCUT2D eigenvalue weighted by Gasteiger charge is 2.38. The maximum absolute atomic E-state index is 12.4. The van der Waals surface area contributed by atoms with Crippen molar-refractivity contribution in [3.8, 4) is 11.5 Å². The van der Waals surface area contributed by atoms with E-state index < -0.39 is 5.54 Å². The Balaban J connectivity index is 1.59. The Morgan fingerprint density at radius 2 is 1.93 bits per heavy atom. The predicted molar refractivity (Wildman–Crippen MR) is 105 cm³/mol. The van der Waals surface area contributed by atoms with Gasteiger partial charge in [0.25, 0.3) is 0 Å². The zero-order chi connectivity index (χ0) is 19.4. The third kappa shape index (κ3) is 4.59. The average molecular weight is 388 g/mol. The van der Waals surface area contributed by atoms with E-state index in [1.807, 2.05) is 30.9 Å². The van der Waals surface area contributed by atoms with Gasteiger partial charge in [0, 0.05) is 18.8 Å². The smallest absolute Gasteiger partial charge is 0.240 e. The molecular formula is C20H22ClN3O3. The fraction of sp³-hybridized carbons (Fsp3) is 0.300. The van der Waals surface area contributed by atoms with Gasteiger partial charge in [0.2, 0.25) is 11.8 Å². The summed E-state index contributed by atoms with van der Waals surface area (Å²) in [6.45, 7) is 4.96. The number of piperazine rings is 1. The molecule has 0 aliphatic carbocycles. The highest BCUT2D eigenvalue weighted by Crippen LogP contribution is 2.29. The number of nitrogens with zero attached hydrogens (tertiary/aromatic N) is 1. The lowest BCUT2D eigenvalue weighted by Gasteiger charge is -2.40. The van der Waals surface area contributed by atoms with E-state index >= 15 is 0 Å². The van der Waals surface area contributed by atoms with E-state index in [-0.39, 0.29) is 18.4 Å². The summed E-state index contributed by atoms with van der Waals surface area (Å²) in [5.41, 5.74) is -0.0480. The first-order valence-electron chi connectivity index (χ1n) is 8.72. The molecule has 1 heterocycles. The molecule has 0 aromatic heterocycles. The van der Waals surface area contributed by atoms with E-state index in [1.54, 1.807) is 36.4 Å². The normalized spacial score (nSPS) is 16.5. The van der Waals surface area contributed by atoms with Crippen molar-refractivity contribution in [3.05, 3.63) is 53.6 Å². The number of ether oxygens (including phenoxy) is 1. The number of hydrogen-bond acceptors (Lipinski definition) is 4. The molecule has 0 radical (unpaired) electrons. The summed E-state index contributed by atoms with van der Waals surface area (Å²) in [6.07, 6.45) is 0. The number of benzene rings is 2. The molecule has 0 atom stereocenters. The van der Waals surface area contributed by atoms with Crippen molar-refractivity contribution < 1.29 is 14.3 Å². The van der Waals surface area contributed by atoms with Crippen LogP contribution in [0.1, 0.15) is 13.8 Å². The number of carbonyl (C=O) groups excluding carboxylic acids is 2. The zero-order valence-electron chi connectivity index (χ0n) is 15.3. The second-order valence-electron chi connectivity index (χ2n) is 6.84. The Kier molecular flexibility index (Phi) is 5.68. The molecular weight excluding hydrogens is 366 g/mol. The van der Waals surface area contributed by atoms with Gasteiger partial charge in [0.1, 0.15) is 11.5 Å². The van der Waals surface area contributed by atoms with Crippen molar-refractivity contribution in [1.29, 1.82) is 0 Å². The van der Waals surface area contributed by atoms with Gasteiger partial charge in [-0.15, -0.1) is 0 Å². The van der Waals surface area contributed by atoms with Gasteiger partial charge in [-0.3, -0.25) is 14.5 Å². The molecule has 3 rings (SSSR count). The van der Waals surface area contributed by atoms with E-state index in [0.717, 1.165) is 0 Å². The molecule has 1 saturated heterocycles. The van der Waals surface area contributed by atoms with Crippen molar-refractivity contribution in [2.75, 3.05) is 25.0 Å². The number of nitrogens with one attached hydrogen (secondary N) is 2. The first-order chi connectivity index (χ1) is 12.9. The van der Waals surface area contributed by atoms with Gasteiger partial charge in [-0.1, -0.05) is 23.7 Å². The maximum atomic E-state index is 12.4. The molecule has 2 aromatic rings. The predicted octanol–water partition coefficient (Wildman–Crippen LogP) is 3.28. The van der Waals surface area contributed by atoms with Crippen LogP contribution in [0.5, 0.6) is 11.5 Å². The number of halogens is 1. The maximum Gasteiger partial charge on any atom is 0.240 e. The van der Waals surface area contributed by atoms with Crippen LogP contribution < -0.4 is 15.4 Å². The highest BCUT2D eigenvalue weighted by atomic mass is 35.5. The highest BCUT2D eigenvalue weighted by molar-refractivity contribution is 6.32. The van der Waals surface area contributed by atoms with E-state index in [2.05, 4.69) is 10.6 Å². The van der Waals surface area contributed by atoms with Crippen LogP contribution in [-0.2, 0) is 9.59 Å². The second-order valence-corrected chi connectivity index (χ2v) is 7.25. The van der Waals surface area contributed by atoms with Crippen molar-refractivity contribution in [1.82, 2.24) is 10.2 Å². The number of rotatable bonds is 5. The van der Waals surface area contributed by atoms with Crippen molar-refractivity contribution in [2.45, 2.75) is 19.4 Å². The van der Waals surface area contributed by atoms with Crippen LogP contribution in [0.4, 0.5) is 5.69 Å². The third-order valence-corrected chi connectivity index (χ3v) is 4.86. The Labute approximate surface area is 163 Å². The Hall–Kier alpha value is -2.57. The van der Waals surface area contributed by atoms with Gasteiger partial charge >= 0.3 is 0 Å². The van der Waals surface area contributed by atoms with Crippen LogP contribution >= 0.6 is 11.6 Å². The van der Waals surface area contributed by atoms with Crippen LogP contribution in [0.25, 0.3) is 0 Å². The topological polar surface area (TPSA) is 70.7 Å². The van der Waals surface area contributed by atoms with E-state index in [0.29, 0.717) is 35.3 Å². The number of para-hydroxylation sites is 1. The number of anilines is 1. The first-order valence-corrected chi connectivity index (χ1v) is 9.10. The van der Waals surface area contributed by atoms with Crippen LogP contribution in [0.3, 0.4) is 0 Å². The minimum atomic E-state index is -0.706. The number of carbonyl (C=O) groups is 2. The summed E-state index contributed by atoms with van der Waals surface area (Å²) in [5.74, 6) is 0.955. The lowest BCUT2D eigenvalue weighted by molar-refractivity contribution is -0.136. The van der Waals surface area contributed by atoms with E-state index in [1.165, 1.54) is 0 Å². The fourth-order valence-electron chi connectivity index (χ4n) is 2.86. The molecule has 7 heteroatoms. The monoisotopic (exact) mass is 387 g/mol. The van der Waals surface area contributed by atoms with Crippen molar-refractivity contribution in [3.63, 3.8) is 0 Å². The third-order valence-electron chi connectivity index (χ3n) is 4.55. The lowest BCUT2D eigenvalue weighted by atomic mass is 9.99. The van der Waals surface area contributed by atoms with Crippen LogP contribution in [-0.4, -0.2) is 41.9 Å². The summed E-state index contributed by atoms with van der Waals surface area (Å²) in [7, 11) is 0. The van der Waals surface area contributed by atoms with Crippen LogP contribution in [0.15, 0.2) is 48.5 Å². The molecule has 1 aliphatic heterocycles.